The second-order valence-electron chi connectivity index (χ2n) is 6.31. The van der Waals surface area contributed by atoms with Crippen molar-refractivity contribution in [1.29, 1.82) is 0 Å². The number of ether oxygens (including phenoxy) is 1. The van der Waals surface area contributed by atoms with Crippen LogP contribution >= 0.6 is 0 Å². The highest BCUT2D eigenvalue weighted by atomic mass is 19.1. The Morgan fingerprint density at radius 1 is 1.41 bits per heavy atom. The largest absolute Gasteiger partial charge is 0.434 e. The maximum Gasteiger partial charge on any atom is 0.331 e. The van der Waals surface area contributed by atoms with Crippen LogP contribution in [0.1, 0.15) is 12.0 Å². The lowest BCUT2D eigenvalue weighted by Gasteiger charge is -2.20. The van der Waals surface area contributed by atoms with E-state index in [1.807, 2.05) is 0 Å². The molecule has 1 saturated heterocycles. The van der Waals surface area contributed by atoms with Gasteiger partial charge in [0, 0.05) is 18.8 Å². The van der Waals surface area contributed by atoms with Gasteiger partial charge in [0.1, 0.15) is 11.9 Å². The molecule has 1 aliphatic heterocycles. The predicted octanol–water partition coefficient (Wildman–Crippen LogP) is 2.22. The number of hydrogen-bond donors (Lipinski definition) is 1. The number of hydrogen-bond acceptors (Lipinski definition) is 6. The first-order chi connectivity index (χ1) is 12.9. The normalized spacial score (nSPS) is 17.6. The van der Waals surface area contributed by atoms with Crippen molar-refractivity contribution in [3.63, 3.8) is 0 Å². The molecule has 1 aromatic carbocycles. The van der Waals surface area contributed by atoms with Crippen LogP contribution in [0.4, 0.5) is 10.1 Å². The fourth-order valence-electron chi connectivity index (χ4n) is 2.90. The molecule has 2 atom stereocenters. The van der Waals surface area contributed by atoms with Crippen LogP contribution in [0.25, 0.3) is 0 Å². The highest BCUT2D eigenvalue weighted by molar-refractivity contribution is 5.82. The summed E-state index contributed by atoms with van der Waals surface area (Å²) in [5, 5.41) is 11.0. The van der Waals surface area contributed by atoms with Crippen LogP contribution in [0.15, 0.2) is 42.6 Å². The van der Waals surface area contributed by atoms with E-state index in [0.717, 1.165) is 5.56 Å². The fraction of sp³-hybridized carbons (Fsp3) is 0.333. The molecule has 0 radical (unpaired) electrons. The fourth-order valence-corrected chi connectivity index (χ4v) is 2.90. The van der Waals surface area contributed by atoms with Crippen LogP contribution in [-0.2, 0) is 11.2 Å². The molecule has 1 unspecified atom stereocenters. The molecule has 2 heterocycles. The van der Waals surface area contributed by atoms with Gasteiger partial charge in [0.25, 0.3) is 5.88 Å². The van der Waals surface area contributed by atoms with Crippen molar-refractivity contribution in [2.24, 2.45) is 5.73 Å². The van der Waals surface area contributed by atoms with Crippen molar-refractivity contribution in [1.82, 2.24) is 9.88 Å². The van der Waals surface area contributed by atoms with E-state index in [9.17, 15) is 19.3 Å². The van der Waals surface area contributed by atoms with Gasteiger partial charge in [-0.3, -0.25) is 14.9 Å². The Labute approximate surface area is 154 Å². The van der Waals surface area contributed by atoms with E-state index in [-0.39, 0.29) is 24.0 Å². The van der Waals surface area contributed by atoms with Crippen molar-refractivity contribution >= 4 is 11.6 Å². The molecule has 9 heteroatoms. The Morgan fingerprint density at radius 3 is 2.78 bits per heavy atom. The molecular weight excluding hydrogens is 355 g/mol. The van der Waals surface area contributed by atoms with E-state index in [0.29, 0.717) is 25.1 Å². The van der Waals surface area contributed by atoms with E-state index in [1.165, 1.54) is 23.2 Å². The number of benzene rings is 1. The maximum absolute atomic E-state index is 13.2. The molecule has 0 bridgehead atoms. The van der Waals surface area contributed by atoms with E-state index >= 15 is 0 Å². The smallest absolute Gasteiger partial charge is 0.331 e. The first-order valence-electron chi connectivity index (χ1n) is 8.48. The molecule has 27 heavy (non-hydrogen) atoms. The van der Waals surface area contributed by atoms with Crippen molar-refractivity contribution in [2.75, 3.05) is 13.1 Å². The Balaban J connectivity index is 1.62. The van der Waals surface area contributed by atoms with Gasteiger partial charge in [-0.05, 0) is 36.6 Å². The second kappa shape index (κ2) is 8.09. The van der Waals surface area contributed by atoms with Gasteiger partial charge < -0.3 is 15.4 Å². The summed E-state index contributed by atoms with van der Waals surface area (Å²) in [6.45, 7) is 0.492. The average molecular weight is 374 g/mol. The van der Waals surface area contributed by atoms with Crippen LogP contribution in [0.2, 0.25) is 0 Å². The van der Waals surface area contributed by atoms with Gasteiger partial charge in [-0.25, -0.2) is 9.37 Å². The summed E-state index contributed by atoms with van der Waals surface area (Å²) in [4.78, 5) is 28.0. The number of likely N-dealkylation sites (tertiary alicyclic amines) is 1. The molecule has 1 amide bonds. The van der Waals surface area contributed by atoms with Crippen molar-refractivity contribution in [3.05, 3.63) is 58.3 Å². The minimum absolute atomic E-state index is 0.0994. The van der Waals surface area contributed by atoms with Crippen molar-refractivity contribution < 1.29 is 18.8 Å². The molecule has 2 aromatic rings. The number of aromatic nitrogens is 1. The van der Waals surface area contributed by atoms with Gasteiger partial charge in [-0.1, -0.05) is 12.1 Å². The standard InChI is InChI=1S/C18H19FN4O4/c19-13-7-9-22(11-13)18(24)15(20)10-12-3-5-14(6-4-12)27-17-16(23(25)26)2-1-8-21-17/h1-6,8,13,15H,7,9-11,20H2/t13-,15?/m0/s1. The zero-order valence-corrected chi connectivity index (χ0v) is 14.5. The number of nitrogens with zero attached hydrogens (tertiary/aromatic N) is 3. The van der Waals surface area contributed by atoms with E-state index in [2.05, 4.69) is 4.98 Å². The zero-order chi connectivity index (χ0) is 19.4. The summed E-state index contributed by atoms with van der Waals surface area (Å²) >= 11 is 0. The Kier molecular flexibility index (Phi) is 5.60. The van der Waals surface area contributed by atoms with Gasteiger partial charge in [0.05, 0.1) is 17.5 Å². The highest BCUT2D eigenvalue weighted by Crippen LogP contribution is 2.28. The first-order valence-corrected chi connectivity index (χ1v) is 8.48. The molecule has 1 aromatic heterocycles. The number of alkyl halides is 1. The monoisotopic (exact) mass is 374 g/mol. The van der Waals surface area contributed by atoms with Gasteiger partial charge in [0.2, 0.25) is 5.91 Å². The average Bonchev–Trinajstić information content (AvgIpc) is 3.09. The number of halogens is 1. The number of nitro groups is 1. The van der Waals surface area contributed by atoms with Gasteiger partial charge in [-0.2, -0.15) is 0 Å². The molecule has 0 aliphatic carbocycles. The molecule has 142 valence electrons. The maximum atomic E-state index is 13.2. The number of carbonyl (C=O) groups is 1. The second-order valence-corrected chi connectivity index (χ2v) is 6.31. The number of rotatable bonds is 6. The van der Waals surface area contributed by atoms with Gasteiger partial charge in [0.15, 0.2) is 0 Å². The summed E-state index contributed by atoms with van der Waals surface area (Å²) in [5.41, 5.74) is 6.53. The quantitative estimate of drug-likeness (QED) is 0.613. The number of nitrogens with two attached hydrogens (primary N) is 1. The predicted molar refractivity (Wildman–Crippen MR) is 95.2 cm³/mol. The number of amides is 1. The Morgan fingerprint density at radius 2 is 2.15 bits per heavy atom. The minimum atomic E-state index is -0.978. The molecule has 2 N–H and O–H groups in total. The van der Waals surface area contributed by atoms with Gasteiger partial charge >= 0.3 is 5.69 Å². The topological polar surface area (TPSA) is 112 Å². The molecular formula is C18H19FN4O4. The summed E-state index contributed by atoms with van der Waals surface area (Å²) in [6, 6.07) is 8.70. The third-order valence-electron chi connectivity index (χ3n) is 4.30. The summed E-state index contributed by atoms with van der Waals surface area (Å²) in [7, 11) is 0. The van der Waals surface area contributed by atoms with E-state index in [4.69, 9.17) is 10.5 Å². The Hall–Kier alpha value is -3.07. The van der Waals surface area contributed by atoms with Gasteiger partial charge in [-0.15, -0.1) is 0 Å². The summed E-state index contributed by atoms with van der Waals surface area (Å²) in [6.07, 6.45) is 1.08. The summed E-state index contributed by atoms with van der Waals surface area (Å²) < 4.78 is 18.7. The highest BCUT2D eigenvalue weighted by Gasteiger charge is 2.29. The van der Waals surface area contributed by atoms with Crippen LogP contribution in [-0.4, -0.2) is 46.0 Å². The van der Waals surface area contributed by atoms with Crippen LogP contribution < -0.4 is 10.5 Å². The molecule has 0 saturated carbocycles. The third kappa shape index (κ3) is 4.56. The van der Waals surface area contributed by atoms with Crippen LogP contribution in [0.3, 0.4) is 0 Å². The molecule has 1 aliphatic rings. The SMILES string of the molecule is NC(Cc1ccc(Oc2ncccc2[N+](=O)[O-])cc1)C(=O)N1CC[C@H](F)C1. The molecule has 8 nitrogen and oxygen atoms in total. The van der Waals surface area contributed by atoms with E-state index < -0.39 is 17.1 Å². The Bertz CT molecular complexity index is 830. The lowest BCUT2D eigenvalue weighted by molar-refractivity contribution is -0.386. The first kappa shape index (κ1) is 18.7. The number of pyridine rings is 1. The molecule has 0 spiro atoms. The van der Waals surface area contributed by atoms with Crippen molar-refractivity contribution in [3.8, 4) is 11.6 Å². The molecule has 3 rings (SSSR count). The van der Waals surface area contributed by atoms with E-state index in [1.54, 1.807) is 24.3 Å². The minimum Gasteiger partial charge on any atom is -0.434 e. The lowest BCUT2D eigenvalue weighted by atomic mass is 10.1. The van der Waals surface area contributed by atoms with Crippen LogP contribution in [0.5, 0.6) is 11.6 Å². The van der Waals surface area contributed by atoms with Crippen molar-refractivity contribution in [2.45, 2.75) is 25.1 Å². The zero-order valence-electron chi connectivity index (χ0n) is 14.5. The summed E-state index contributed by atoms with van der Waals surface area (Å²) in [5.74, 6) is 0.0109. The molecule has 1 fully saturated rings. The van der Waals surface area contributed by atoms with Crippen LogP contribution in [0, 0.1) is 10.1 Å². The lowest BCUT2D eigenvalue weighted by Crippen LogP contribution is -2.44. The third-order valence-corrected chi connectivity index (χ3v) is 4.30. The number of carbonyl (C=O) groups excluding carboxylic acids is 1.